The van der Waals surface area contributed by atoms with Gasteiger partial charge in [0.15, 0.2) is 0 Å². The molecule has 0 saturated heterocycles. The van der Waals surface area contributed by atoms with Gasteiger partial charge in [-0.1, -0.05) is 121 Å². The molecule has 0 radical (unpaired) electrons. The zero-order valence-corrected chi connectivity index (χ0v) is 28.6. The van der Waals surface area contributed by atoms with E-state index in [1.807, 2.05) is 121 Å². The van der Waals surface area contributed by atoms with Gasteiger partial charge in [-0.3, -0.25) is 14.2 Å². The molecular formula is C38H46NO8P. The highest BCUT2D eigenvalue weighted by molar-refractivity contribution is 7.53. The van der Waals surface area contributed by atoms with E-state index < -0.39 is 25.9 Å². The van der Waals surface area contributed by atoms with Crippen LogP contribution in [0.3, 0.4) is 0 Å². The van der Waals surface area contributed by atoms with Crippen molar-refractivity contribution >= 4 is 14.0 Å². The van der Waals surface area contributed by atoms with Gasteiger partial charge >= 0.3 is 7.60 Å². The topological polar surface area (TPSA) is 92.8 Å². The van der Waals surface area contributed by atoms with Crippen LogP contribution in [0.5, 0.6) is 0 Å². The Morgan fingerprint density at radius 1 is 0.583 bits per heavy atom. The molecule has 1 amide bonds. The van der Waals surface area contributed by atoms with Gasteiger partial charge < -0.3 is 23.3 Å². The van der Waals surface area contributed by atoms with Crippen molar-refractivity contribution < 1.29 is 37.5 Å². The largest absolute Gasteiger partial charge is 0.370 e. The number of rotatable bonds is 23. The first-order valence-electron chi connectivity index (χ1n) is 16.3. The lowest BCUT2D eigenvalue weighted by Gasteiger charge is -2.36. The zero-order valence-electron chi connectivity index (χ0n) is 27.7. The molecule has 0 saturated carbocycles. The van der Waals surface area contributed by atoms with Crippen LogP contribution >= 0.6 is 7.60 Å². The first-order chi connectivity index (χ1) is 23.5. The number of carbonyl (C=O) groups is 1. The zero-order chi connectivity index (χ0) is 33.9. The molecule has 0 N–H and O–H groups in total. The molecule has 9 nitrogen and oxygen atoms in total. The second kappa shape index (κ2) is 20.6. The summed E-state index contributed by atoms with van der Waals surface area (Å²) in [4.78, 5) is 18.4. The van der Waals surface area contributed by atoms with E-state index in [-0.39, 0.29) is 52.3 Å². The summed E-state index contributed by atoms with van der Waals surface area (Å²) in [6, 6.07) is 38.7. The second-order valence-electron chi connectivity index (χ2n) is 11.0. The maximum absolute atomic E-state index is 14.0. The molecule has 48 heavy (non-hydrogen) atoms. The van der Waals surface area contributed by atoms with Crippen LogP contribution in [0.2, 0.25) is 0 Å². The third-order valence-corrected chi connectivity index (χ3v) is 9.51. The number of carbonyl (C=O) groups excluding carboxylic acids is 1. The van der Waals surface area contributed by atoms with E-state index in [2.05, 4.69) is 0 Å². The number of benzene rings is 4. The molecule has 0 aromatic heterocycles. The summed E-state index contributed by atoms with van der Waals surface area (Å²) in [6.07, 6.45) is -1.93. The highest BCUT2D eigenvalue weighted by Crippen LogP contribution is 2.49. The minimum Gasteiger partial charge on any atom is -0.370 e. The number of hydrogen-bond acceptors (Lipinski definition) is 8. The molecule has 3 atom stereocenters. The molecule has 4 aromatic rings. The van der Waals surface area contributed by atoms with E-state index >= 15 is 0 Å². The molecule has 0 fully saturated rings. The van der Waals surface area contributed by atoms with Crippen LogP contribution in [0.15, 0.2) is 121 Å². The van der Waals surface area contributed by atoms with Crippen molar-refractivity contribution in [2.45, 2.75) is 58.6 Å². The van der Waals surface area contributed by atoms with Crippen molar-refractivity contribution in [1.29, 1.82) is 0 Å². The molecule has 0 spiro atoms. The van der Waals surface area contributed by atoms with E-state index in [1.54, 1.807) is 13.8 Å². The average molecular weight is 676 g/mol. The number of amides is 1. The molecule has 10 heteroatoms. The Labute approximate surface area is 284 Å². The number of nitrogens with zero attached hydrogens (tertiary/aromatic N) is 1. The van der Waals surface area contributed by atoms with Crippen LogP contribution in [0, 0.1) is 0 Å². The van der Waals surface area contributed by atoms with Gasteiger partial charge in [-0.15, -0.1) is 0 Å². The third kappa shape index (κ3) is 12.7. The van der Waals surface area contributed by atoms with Crippen molar-refractivity contribution in [3.63, 3.8) is 0 Å². The van der Waals surface area contributed by atoms with Crippen molar-refractivity contribution in [3.8, 4) is 0 Å². The van der Waals surface area contributed by atoms with E-state index in [9.17, 15) is 9.36 Å². The lowest BCUT2D eigenvalue weighted by molar-refractivity contribution is -0.207. The molecule has 0 bridgehead atoms. The van der Waals surface area contributed by atoms with Crippen LogP contribution in [-0.2, 0) is 63.9 Å². The van der Waals surface area contributed by atoms with Gasteiger partial charge in [0.2, 0.25) is 6.41 Å². The highest BCUT2D eigenvalue weighted by Gasteiger charge is 2.40. The van der Waals surface area contributed by atoms with Crippen LogP contribution in [0.25, 0.3) is 0 Å². The summed E-state index contributed by atoms with van der Waals surface area (Å²) in [5, 5.41) is 1.21. The molecular weight excluding hydrogens is 629 g/mol. The Balaban J connectivity index is 1.70. The lowest BCUT2D eigenvalue weighted by atomic mass is 10.1. The van der Waals surface area contributed by atoms with Gasteiger partial charge in [0.1, 0.15) is 18.8 Å². The molecule has 0 heterocycles. The van der Waals surface area contributed by atoms with Crippen molar-refractivity contribution in [3.05, 3.63) is 144 Å². The SMILES string of the molecule is CCOP(=O)(C[C@@H](OCc1ccccc1)[C@@H](OCc1ccccc1)[C@H](CN(C=O)OCc1ccccc1)OCc1ccccc1)OCC. The average Bonchev–Trinajstić information content (AvgIpc) is 3.12. The number of hydrogen-bond donors (Lipinski definition) is 0. The predicted molar refractivity (Wildman–Crippen MR) is 185 cm³/mol. The first kappa shape index (κ1) is 37.2. The summed E-state index contributed by atoms with van der Waals surface area (Å²) in [5.41, 5.74) is 3.69. The summed E-state index contributed by atoms with van der Waals surface area (Å²) in [5.74, 6) is 0. The number of hydroxylamine groups is 2. The first-order valence-corrected chi connectivity index (χ1v) is 18.0. The van der Waals surface area contributed by atoms with Crippen molar-refractivity contribution in [1.82, 2.24) is 5.06 Å². The Hall–Kier alpha value is -3.66. The van der Waals surface area contributed by atoms with Gasteiger partial charge in [0.05, 0.1) is 51.8 Å². The molecule has 4 rings (SSSR count). The van der Waals surface area contributed by atoms with Gasteiger partial charge in [-0.2, -0.15) is 0 Å². The fourth-order valence-corrected chi connectivity index (χ4v) is 6.90. The van der Waals surface area contributed by atoms with E-state index in [1.165, 1.54) is 5.06 Å². The van der Waals surface area contributed by atoms with E-state index in [0.717, 1.165) is 22.3 Å². The smallest absolute Gasteiger partial charge is 0.333 e. The van der Waals surface area contributed by atoms with Gasteiger partial charge in [-0.05, 0) is 36.1 Å². The fraction of sp³-hybridized carbons (Fsp3) is 0.342. The Bertz CT molecular complexity index is 1470. The summed E-state index contributed by atoms with van der Waals surface area (Å²) >= 11 is 0. The minimum absolute atomic E-state index is 0.00138. The highest BCUT2D eigenvalue weighted by atomic mass is 31.2. The maximum atomic E-state index is 14.0. The van der Waals surface area contributed by atoms with E-state index in [4.69, 9.17) is 28.1 Å². The molecule has 0 unspecified atom stereocenters. The predicted octanol–water partition coefficient (Wildman–Crippen LogP) is 7.60. The molecule has 4 aromatic carbocycles. The van der Waals surface area contributed by atoms with Gasteiger partial charge in [0.25, 0.3) is 0 Å². The Kier molecular flexibility index (Phi) is 16.0. The quantitative estimate of drug-likeness (QED) is 0.0451. The molecule has 256 valence electrons. The minimum atomic E-state index is -3.63. The third-order valence-electron chi connectivity index (χ3n) is 7.40. The normalized spacial score (nSPS) is 13.5. The van der Waals surface area contributed by atoms with Crippen LogP contribution in [-0.4, -0.2) is 55.7 Å². The van der Waals surface area contributed by atoms with Gasteiger partial charge in [-0.25, -0.2) is 5.06 Å². The fourth-order valence-electron chi connectivity index (χ4n) is 5.07. The molecule has 0 aliphatic rings. The maximum Gasteiger partial charge on any atom is 0.333 e. The Morgan fingerprint density at radius 3 is 1.40 bits per heavy atom. The van der Waals surface area contributed by atoms with Crippen molar-refractivity contribution in [2.24, 2.45) is 0 Å². The monoisotopic (exact) mass is 675 g/mol. The molecule has 0 aliphatic heterocycles. The number of ether oxygens (including phenoxy) is 3. The summed E-state index contributed by atoms with van der Waals surface area (Å²) in [7, 11) is -3.63. The second-order valence-corrected chi connectivity index (χ2v) is 13.1. The lowest BCUT2D eigenvalue weighted by Crippen LogP contribution is -2.49. The van der Waals surface area contributed by atoms with Crippen LogP contribution in [0.4, 0.5) is 0 Å². The summed E-state index contributed by atoms with van der Waals surface area (Å²) in [6.45, 7) is 4.75. The summed E-state index contributed by atoms with van der Waals surface area (Å²) < 4.78 is 45.3. The molecule has 0 aliphatic carbocycles. The van der Waals surface area contributed by atoms with Crippen LogP contribution in [0.1, 0.15) is 36.1 Å². The standard InChI is InChI=1S/C38H46NO8P/c1-3-46-48(41,47-4-2)30-37(43-27-33-19-11-6-12-20-33)38(44-28-34-21-13-7-14-22-34)36(42-26-32-17-9-5-10-18-32)25-39(31-40)45-29-35-23-15-8-16-24-35/h5-24,31,36-38H,3-4,25-30H2,1-2H3/t36-,37+,38-/m0/s1. The Morgan fingerprint density at radius 2 is 0.979 bits per heavy atom. The van der Waals surface area contributed by atoms with E-state index in [0.29, 0.717) is 6.41 Å². The van der Waals surface area contributed by atoms with Crippen LogP contribution < -0.4 is 0 Å². The van der Waals surface area contributed by atoms with Crippen molar-refractivity contribution in [2.75, 3.05) is 25.9 Å². The van der Waals surface area contributed by atoms with Gasteiger partial charge in [0, 0.05) is 0 Å².